The van der Waals surface area contributed by atoms with Crippen molar-refractivity contribution in [1.29, 1.82) is 0 Å². The molecule has 0 saturated carbocycles. The molecule has 0 aliphatic carbocycles. The molecule has 1 aliphatic rings. The summed E-state index contributed by atoms with van der Waals surface area (Å²) in [5, 5.41) is 1.19. The first-order chi connectivity index (χ1) is 11.5. The predicted octanol–water partition coefficient (Wildman–Crippen LogP) is 3.35. The molecular formula is C17H18ClNO4S. The number of halogens is 1. The molecule has 24 heavy (non-hydrogen) atoms. The van der Waals surface area contributed by atoms with Crippen molar-refractivity contribution >= 4 is 44.9 Å². The zero-order chi connectivity index (χ0) is 17.3. The summed E-state index contributed by atoms with van der Waals surface area (Å²) in [6.45, 7) is 4.55. The minimum Gasteiger partial charge on any atom is -0.451 e. The van der Waals surface area contributed by atoms with Crippen LogP contribution >= 0.6 is 22.9 Å². The number of thiophene rings is 1. The standard InChI is InChI=1S/C17H18ClNO4S/c1-10-7-19(8-11(2)23-10)14(20)9-22-17(21)16-15(18)12-5-3-4-6-13(12)24-16/h3-6,10-11H,7-9H2,1-2H3/t10-,11-/m1/s1. The second-order valence-corrected chi connectivity index (χ2v) is 7.30. The molecule has 1 amide bonds. The smallest absolute Gasteiger partial charge is 0.350 e. The van der Waals surface area contributed by atoms with Crippen LogP contribution in [0.25, 0.3) is 10.1 Å². The van der Waals surface area contributed by atoms with Crippen molar-refractivity contribution in [3.05, 3.63) is 34.2 Å². The van der Waals surface area contributed by atoms with Gasteiger partial charge in [-0.15, -0.1) is 11.3 Å². The van der Waals surface area contributed by atoms with E-state index in [-0.39, 0.29) is 24.7 Å². The number of carbonyl (C=O) groups is 2. The van der Waals surface area contributed by atoms with E-state index in [0.717, 1.165) is 10.1 Å². The van der Waals surface area contributed by atoms with Gasteiger partial charge >= 0.3 is 5.97 Å². The van der Waals surface area contributed by atoms with Gasteiger partial charge in [-0.1, -0.05) is 29.8 Å². The molecule has 0 bridgehead atoms. The summed E-state index contributed by atoms with van der Waals surface area (Å²) < 4.78 is 11.7. The number of ether oxygens (including phenoxy) is 2. The average Bonchev–Trinajstić information content (AvgIpc) is 2.89. The molecule has 1 aliphatic heterocycles. The highest BCUT2D eigenvalue weighted by atomic mass is 35.5. The summed E-state index contributed by atoms with van der Waals surface area (Å²) in [7, 11) is 0. The van der Waals surface area contributed by atoms with Crippen LogP contribution in [0.3, 0.4) is 0 Å². The van der Waals surface area contributed by atoms with Crippen molar-refractivity contribution in [2.45, 2.75) is 26.1 Å². The van der Waals surface area contributed by atoms with Crippen LogP contribution in [-0.4, -0.2) is 48.7 Å². The Morgan fingerprint density at radius 3 is 2.62 bits per heavy atom. The van der Waals surface area contributed by atoms with E-state index in [1.165, 1.54) is 11.3 Å². The third-order valence-electron chi connectivity index (χ3n) is 3.82. The molecule has 2 aromatic rings. The fourth-order valence-electron chi connectivity index (χ4n) is 2.81. The minimum atomic E-state index is -0.566. The lowest BCUT2D eigenvalue weighted by Gasteiger charge is -2.35. The summed E-state index contributed by atoms with van der Waals surface area (Å²) in [6, 6.07) is 7.49. The van der Waals surface area contributed by atoms with E-state index < -0.39 is 5.97 Å². The van der Waals surface area contributed by atoms with Gasteiger partial charge in [-0.3, -0.25) is 4.79 Å². The predicted molar refractivity (Wildman–Crippen MR) is 93.7 cm³/mol. The van der Waals surface area contributed by atoms with Gasteiger partial charge in [0.25, 0.3) is 5.91 Å². The maximum Gasteiger partial charge on any atom is 0.350 e. The highest BCUT2D eigenvalue weighted by molar-refractivity contribution is 7.21. The molecule has 2 heterocycles. The van der Waals surface area contributed by atoms with Crippen molar-refractivity contribution in [3.8, 4) is 0 Å². The molecule has 0 spiro atoms. The van der Waals surface area contributed by atoms with Crippen LogP contribution in [0, 0.1) is 0 Å². The molecule has 1 saturated heterocycles. The Bertz CT molecular complexity index is 765. The summed E-state index contributed by atoms with van der Waals surface area (Å²) in [4.78, 5) is 26.5. The van der Waals surface area contributed by atoms with Crippen molar-refractivity contribution in [3.63, 3.8) is 0 Å². The lowest BCUT2D eigenvalue weighted by molar-refractivity contribution is -0.146. The number of benzene rings is 1. The Hall–Kier alpha value is -1.63. The van der Waals surface area contributed by atoms with E-state index in [2.05, 4.69) is 0 Å². The maximum atomic E-state index is 12.3. The van der Waals surface area contributed by atoms with Gasteiger partial charge in [-0.2, -0.15) is 0 Å². The Kier molecular flexibility index (Phi) is 5.08. The number of carbonyl (C=O) groups excluding carboxylic acids is 2. The molecule has 5 nitrogen and oxygen atoms in total. The quantitative estimate of drug-likeness (QED) is 0.781. The van der Waals surface area contributed by atoms with E-state index in [0.29, 0.717) is 23.0 Å². The van der Waals surface area contributed by atoms with Crippen molar-refractivity contribution in [2.24, 2.45) is 0 Å². The monoisotopic (exact) mass is 367 g/mol. The van der Waals surface area contributed by atoms with Crippen LogP contribution in [0.4, 0.5) is 0 Å². The molecular weight excluding hydrogens is 350 g/mol. The average molecular weight is 368 g/mol. The van der Waals surface area contributed by atoms with E-state index in [1.54, 1.807) is 4.90 Å². The third-order valence-corrected chi connectivity index (χ3v) is 5.47. The first-order valence-electron chi connectivity index (χ1n) is 7.73. The Morgan fingerprint density at radius 1 is 1.29 bits per heavy atom. The number of hydrogen-bond acceptors (Lipinski definition) is 5. The molecule has 2 atom stereocenters. The van der Waals surface area contributed by atoms with E-state index in [9.17, 15) is 9.59 Å². The number of nitrogens with zero attached hydrogens (tertiary/aromatic N) is 1. The van der Waals surface area contributed by atoms with Gasteiger partial charge in [0.05, 0.1) is 17.2 Å². The number of amides is 1. The first kappa shape index (κ1) is 17.2. The van der Waals surface area contributed by atoms with E-state index in [4.69, 9.17) is 21.1 Å². The Morgan fingerprint density at radius 2 is 1.96 bits per heavy atom. The van der Waals surface area contributed by atoms with Crippen LogP contribution in [0.5, 0.6) is 0 Å². The second kappa shape index (κ2) is 7.09. The molecule has 7 heteroatoms. The number of morpholine rings is 1. The van der Waals surface area contributed by atoms with Gasteiger partial charge < -0.3 is 14.4 Å². The largest absolute Gasteiger partial charge is 0.451 e. The van der Waals surface area contributed by atoms with Gasteiger partial charge in [0.2, 0.25) is 0 Å². The molecule has 0 N–H and O–H groups in total. The van der Waals surface area contributed by atoms with E-state index >= 15 is 0 Å². The van der Waals surface area contributed by atoms with Gasteiger partial charge in [0, 0.05) is 23.2 Å². The molecule has 1 aromatic heterocycles. The van der Waals surface area contributed by atoms with E-state index in [1.807, 2.05) is 38.1 Å². The molecule has 3 rings (SSSR count). The lowest BCUT2D eigenvalue weighted by Crippen LogP contribution is -2.49. The zero-order valence-electron chi connectivity index (χ0n) is 13.5. The lowest BCUT2D eigenvalue weighted by atomic mass is 10.2. The highest BCUT2D eigenvalue weighted by Gasteiger charge is 2.27. The molecule has 128 valence electrons. The van der Waals surface area contributed by atoms with Gasteiger partial charge in [-0.25, -0.2) is 4.79 Å². The summed E-state index contributed by atoms with van der Waals surface area (Å²) in [5.41, 5.74) is 0. The fraction of sp³-hybridized carbons (Fsp3) is 0.412. The molecule has 0 unspecified atom stereocenters. The Labute approximate surface area is 149 Å². The zero-order valence-corrected chi connectivity index (χ0v) is 15.0. The van der Waals surface area contributed by atoms with Crippen LogP contribution in [0.1, 0.15) is 23.5 Å². The molecule has 1 fully saturated rings. The Balaban J connectivity index is 1.64. The van der Waals surface area contributed by atoms with Crippen molar-refractivity contribution in [1.82, 2.24) is 4.90 Å². The number of esters is 1. The van der Waals surface area contributed by atoms with Gasteiger partial charge in [0.1, 0.15) is 4.88 Å². The number of hydrogen-bond donors (Lipinski definition) is 0. The van der Waals surface area contributed by atoms with Crippen LogP contribution in [0.2, 0.25) is 5.02 Å². The first-order valence-corrected chi connectivity index (χ1v) is 8.92. The summed E-state index contributed by atoms with van der Waals surface area (Å²) in [5.74, 6) is -0.786. The number of rotatable bonds is 3. The normalized spacial score (nSPS) is 21.0. The summed E-state index contributed by atoms with van der Waals surface area (Å²) >= 11 is 7.52. The van der Waals surface area contributed by atoms with Crippen LogP contribution in [-0.2, 0) is 14.3 Å². The van der Waals surface area contributed by atoms with Crippen molar-refractivity contribution in [2.75, 3.05) is 19.7 Å². The van der Waals surface area contributed by atoms with Gasteiger partial charge in [0.15, 0.2) is 6.61 Å². The number of fused-ring (bicyclic) bond motifs is 1. The highest BCUT2D eigenvalue weighted by Crippen LogP contribution is 2.35. The third kappa shape index (κ3) is 3.55. The van der Waals surface area contributed by atoms with Crippen LogP contribution in [0.15, 0.2) is 24.3 Å². The topological polar surface area (TPSA) is 55.8 Å². The molecule has 1 aromatic carbocycles. The molecule has 0 radical (unpaired) electrons. The second-order valence-electron chi connectivity index (χ2n) is 5.87. The minimum absolute atomic E-state index is 0.0227. The van der Waals surface area contributed by atoms with Gasteiger partial charge in [-0.05, 0) is 19.9 Å². The summed E-state index contributed by atoms with van der Waals surface area (Å²) in [6.07, 6.45) is -0.0455. The maximum absolute atomic E-state index is 12.3. The van der Waals surface area contributed by atoms with Crippen molar-refractivity contribution < 1.29 is 19.1 Å². The van der Waals surface area contributed by atoms with Crippen LogP contribution < -0.4 is 0 Å². The fourth-order valence-corrected chi connectivity index (χ4v) is 4.21. The SMILES string of the molecule is C[C@@H]1CN(C(=O)COC(=O)c2sc3ccccc3c2Cl)C[C@@H](C)O1.